The Balaban J connectivity index is 2.34. The Kier molecular flexibility index (Phi) is 4.47. The monoisotopic (exact) mass is 283 g/mol. The largest absolute Gasteiger partial charge is 0.497 e. The molecule has 0 radical (unpaired) electrons. The Morgan fingerprint density at radius 1 is 1.26 bits per heavy atom. The number of hydrogen-bond donors (Lipinski definition) is 1. The van der Waals surface area contributed by atoms with Crippen molar-refractivity contribution in [3.8, 4) is 5.75 Å². The predicted octanol–water partition coefficient (Wildman–Crippen LogP) is 2.00. The van der Waals surface area contributed by atoms with E-state index in [0.29, 0.717) is 10.6 Å². The van der Waals surface area contributed by atoms with Crippen LogP contribution in [-0.4, -0.2) is 33.9 Å². The molecule has 0 heterocycles. The topological polar surface area (TPSA) is 55.4 Å². The predicted molar refractivity (Wildman–Crippen MR) is 75.3 cm³/mol. The van der Waals surface area contributed by atoms with E-state index in [2.05, 4.69) is 5.32 Å². The van der Waals surface area contributed by atoms with Crippen LogP contribution in [0.25, 0.3) is 0 Å². The number of nitrogens with one attached hydrogen (secondary N) is 1. The summed E-state index contributed by atoms with van der Waals surface area (Å²) in [4.78, 5) is 0.360. The van der Waals surface area contributed by atoms with E-state index >= 15 is 0 Å². The second-order valence-electron chi connectivity index (χ2n) is 4.94. The van der Waals surface area contributed by atoms with Crippen LogP contribution in [0.3, 0.4) is 0 Å². The van der Waals surface area contributed by atoms with Crippen LogP contribution < -0.4 is 10.1 Å². The zero-order chi connectivity index (χ0) is 13.9. The van der Waals surface area contributed by atoms with Gasteiger partial charge in [-0.15, -0.1) is 0 Å². The molecule has 2 atom stereocenters. The third-order valence-corrected chi connectivity index (χ3v) is 6.11. The molecule has 1 aliphatic carbocycles. The van der Waals surface area contributed by atoms with E-state index in [-0.39, 0.29) is 11.3 Å². The van der Waals surface area contributed by atoms with E-state index in [4.69, 9.17) is 4.74 Å². The van der Waals surface area contributed by atoms with Gasteiger partial charge in [0.15, 0.2) is 9.84 Å². The molecule has 5 heteroatoms. The van der Waals surface area contributed by atoms with E-state index in [1.165, 1.54) is 0 Å². The summed E-state index contributed by atoms with van der Waals surface area (Å²) in [5.41, 5.74) is 0. The van der Waals surface area contributed by atoms with Crippen molar-refractivity contribution in [2.24, 2.45) is 0 Å². The molecule has 1 aromatic carbocycles. The van der Waals surface area contributed by atoms with Gasteiger partial charge < -0.3 is 10.1 Å². The summed E-state index contributed by atoms with van der Waals surface area (Å²) in [5.74, 6) is 0.581. The number of rotatable bonds is 4. The lowest BCUT2D eigenvalue weighted by molar-refractivity contribution is 0.389. The lowest BCUT2D eigenvalue weighted by Crippen LogP contribution is -2.44. The van der Waals surface area contributed by atoms with Crippen molar-refractivity contribution >= 4 is 9.84 Å². The number of sulfone groups is 1. The summed E-state index contributed by atoms with van der Waals surface area (Å²) >= 11 is 0. The van der Waals surface area contributed by atoms with Crippen LogP contribution in [0.4, 0.5) is 0 Å². The van der Waals surface area contributed by atoms with E-state index < -0.39 is 9.84 Å². The highest BCUT2D eigenvalue weighted by Crippen LogP contribution is 2.30. The summed E-state index contributed by atoms with van der Waals surface area (Å²) < 4.78 is 30.6. The second kappa shape index (κ2) is 5.92. The van der Waals surface area contributed by atoms with Gasteiger partial charge in [0.25, 0.3) is 0 Å². The van der Waals surface area contributed by atoms with Crippen molar-refractivity contribution in [2.45, 2.75) is 41.9 Å². The highest BCUT2D eigenvalue weighted by atomic mass is 32.2. The first-order valence-corrected chi connectivity index (χ1v) is 8.19. The maximum Gasteiger partial charge on any atom is 0.182 e. The van der Waals surface area contributed by atoms with Crippen LogP contribution in [0.2, 0.25) is 0 Å². The molecule has 0 spiro atoms. The quantitative estimate of drug-likeness (QED) is 0.918. The molecular formula is C14H21NO3S. The SMILES string of the molecule is CNC1CCCCC1S(=O)(=O)c1cccc(OC)c1. The molecule has 0 aromatic heterocycles. The molecule has 19 heavy (non-hydrogen) atoms. The van der Waals surface area contributed by atoms with Crippen molar-refractivity contribution in [3.63, 3.8) is 0 Å². The lowest BCUT2D eigenvalue weighted by atomic mass is 9.95. The average molecular weight is 283 g/mol. The van der Waals surface area contributed by atoms with Crippen molar-refractivity contribution in [2.75, 3.05) is 14.2 Å². The molecule has 1 fully saturated rings. The maximum absolute atomic E-state index is 12.7. The average Bonchev–Trinajstić information content (AvgIpc) is 2.47. The van der Waals surface area contributed by atoms with Crippen LogP contribution in [0.15, 0.2) is 29.2 Å². The molecule has 0 aliphatic heterocycles. The van der Waals surface area contributed by atoms with Gasteiger partial charge in [0, 0.05) is 6.04 Å². The van der Waals surface area contributed by atoms with Gasteiger partial charge in [0.2, 0.25) is 0 Å². The van der Waals surface area contributed by atoms with Gasteiger partial charge in [0.1, 0.15) is 5.75 Å². The highest BCUT2D eigenvalue weighted by Gasteiger charge is 2.35. The van der Waals surface area contributed by atoms with Crippen molar-refractivity contribution in [1.82, 2.24) is 5.32 Å². The van der Waals surface area contributed by atoms with Gasteiger partial charge in [0.05, 0.1) is 17.3 Å². The summed E-state index contributed by atoms with van der Waals surface area (Å²) in [7, 11) is 0.0834. The minimum atomic E-state index is -3.30. The fourth-order valence-corrected chi connectivity index (χ4v) is 4.83. The molecule has 106 valence electrons. The first kappa shape index (κ1) is 14.3. The van der Waals surface area contributed by atoms with Crippen LogP contribution >= 0.6 is 0 Å². The molecule has 2 unspecified atom stereocenters. The third-order valence-electron chi connectivity index (χ3n) is 3.84. The van der Waals surface area contributed by atoms with Crippen LogP contribution in [0, 0.1) is 0 Å². The Hall–Kier alpha value is -1.07. The van der Waals surface area contributed by atoms with Gasteiger partial charge in [-0.3, -0.25) is 0 Å². The molecular weight excluding hydrogens is 262 g/mol. The summed E-state index contributed by atoms with van der Waals surface area (Å²) in [5, 5.41) is 2.81. The van der Waals surface area contributed by atoms with Crippen LogP contribution in [-0.2, 0) is 9.84 Å². The number of benzene rings is 1. The second-order valence-corrected chi connectivity index (χ2v) is 7.11. The van der Waals surface area contributed by atoms with Gasteiger partial charge in [-0.25, -0.2) is 8.42 Å². The Labute approximate surface area is 115 Å². The molecule has 1 N–H and O–H groups in total. The Morgan fingerprint density at radius 3 is 2.68 bits per heavy atom. The molecule has 0 bridgehead atoms. The summed E-state index contributed by atoms with van der Waals surface area (Å²) in [6.07, 6.45) is 3.72. The Bertz CT molecular complexity index is 527. The van der Waals surface area contributed by atoms with Gasteiger partial charge in [-0.1, -0.05) is 18.9 Å². The van der Waals surface area contributed by atoms with Crippen molar-refractivity contribution in [3.05, 3.63) is 24.3 Å². The smallest absolute Gasteiger partial charge is 0.182 e. The van der Waals surface area contributed by atoms with E-state index in [9.17, 15) is 8.42 Å². The van der Waals surface area contributed by atoms with E-state index in [1.807, 2.05) is 7.05 Å². The van der Waals surface area contributed by atoms with Crippen LogP contribution in [0.5, 0.6) is 5.75 Å². The fourth-order valence-electron chi connectivity index (χ4n) is 2.75. The first-order valence-electron chi connectivity index (χ1n) is 6.65. The third kappa shape index (κ3) is 2.92. The first-order chi connectivity index (χ1) is 9.09. The minimum absolute atomic E-state index is 0.0463. The summed E-state index contributed by atoms with van der Waals surface area (Å²) in [6.45, 7) is 0. The van der Waals surface area contributed by atoms with Crippen molar-refractivity contribution in [1.29, 1.82) is 0 Å². The van der Waals surface area contributed by atoms with Crippen LogP contribution in [0.1, 0.15) is 25.7 Å². The highest BCUT2D eigenvalue weighted by molar-refractivity contribution is 7.92. The number of ether oxygens (including phenoxy) is 1. The van der Waals surface area contributed by atoms with E-state index in [1.54, 1.807) is 31.4 Å². The molecule has 1 aliphatic rings. The lowest BCUT2D eigenvalue weighted by Gasteiger charge is -2.30. The number of methoxy groups -OCH3 is 1. The normalized spacial score (nSPS) is 24.1. The van der Waals surface area contributed by atoms with Crippen molar-refractivity contribution < 1.29 is 13.2 Å². The molecule has 4 nitrogen and oxygen atoms in total. The number of hydrogen-bond acceptors (Lipinski definition) is 4. The van der Waals surface area contributed by atoms with E-state index in [0.717, 1.165) is 25.7 Å². The fraction of sp³-hybridized carbons (Fsp3) is 0.571. The standard InChI is InChI=1S/C14H21NO3S/c1-15-13-8-3-4-9-14(13)19(16,17)12-7-5-6-11(10-12)18-2/h5-7,10,13-15H,3-4,8-9H2,1-2H3. The molecule has 2 rings (SSSR count). The molecule has 1 saturated carbocycles. The molecule has 1 aromatic rings. The minimum Gasteiger partial charge on any atom is -0.497 e. The molecule has 0 amide bonds. The Morgan fingerprint density at radius 2 is 2.00 bits per heavy atom. The maximum atomic E-state index is 12.7. The summed E-state index contributed by atoms with van der Waals surface area (Å²) in [6, 6.07) is 6.79. The van der Waals surface area contributed by atoms with Gasteiger partial charge in [-0.2, -0.15) is 0 Å². The van der Waals surface area contributed by atoms with Gasteiger partial charge >= 0.3 is 0 Å². The molecule has 0 saturated heterocycles. The zero-order valence-corrected chi connectivity index (χ0v) is 12.2. The van der Waals surface area contributed by atoms with Gasteiger partial charge in [-0.05, 0) is 38.1 Å². The zero-order valence-electron chi connectivity index (χ0n) is 11.4.